The van der Waals surface area contributed by atoms with Crippen LogP contribution in [0.15, 0.2) is 83.8 Å². The van der Waals surface area contributed by atoms with Crippen molar-refractivity contribution in [1.29, 1.82) is 0 Å². The SMILES string of the molecule is CCCOc1ccc(NC(=O)CC2C(=O)N(c3cccc(SC)c3)C(=S)N2CCCN2CCC(Cc3ccccc3)CC2)cc1. The number of hydrogen-bond acceptors (Lipinski definition) is 6. The molecule has 0 bridgehead atoms. The van der Waals surface area contributed by atoms with Gasteiger partial charge in [-0.05, 0) is 124 Å². The molecule has 2 fully saturated rings. The van der Waals surface area contributed by atoms with E-state index >= 15 is 0 Å². The predicted molar refractivity (Wildman–Crippen MR) is 188 cm³/mol. The van der Waals surface area contributed by atoms with Crippen molar-refractivity contribution in [1.82, 2.24) is 9.80 Å². The molecule has 1 unspecified atom stereocenters. The molecule has 0 saturated carbocycles. The Kier molecular flexibility index (Phi) is 11.9. The highest BCUT2D eigenvalue weighted by Gasteiger charge is 2.44. The van der Waals surface area contributed by atoms with E-state index in [4.69, 9.17) is 17.0 Å². The highest BCUT2D eigenvalue weighted by molar-refractivity contribution is 7.98. The van der Waals surface area contributed by atoms with Gasteiger partial charge in [-0.25, -0.2) is 0 Å². The van der Waals surface area contributed by atoms with Crippen molar-refractivity contribution in [3.05, 3.63) is 84.4 Å². The summed E-state index contributed by atoms with van der Waals surface area (Å²) in [5, 5.41) is 3.43. The van der Waals surface area contributed by atoms with Crippen LogP contribution in [0.2, 0.25) is 0 Å². The molecule has 3 aromatic carbocycles. The predicted octanol–water partition coefficient (Wildman–Crippen LogP) is 6.87. The summed E-state index contributed by atoms with van der Waals surface area (Å²) in [5.41, 5.74) is 2.83. The number of thiocarbonyl (C=S) groups is 1. The minimum atomic E-state index is -0.654. The molecular weight excluding hydrogens is 601 g/mol. The topological polar surface area (TPSA) is 65.1 Å². The van der Waals surface area contributed by atoms with Gasteiger partial charge in [-0.1, -0.05) is 43.3 Å². The van der Waals surface area contributed by atoms with Crippen LogP contribution in [0.25, 0.3) is 0 Å². The fourth-order valence-corrected chi connectivity index (χ4v) is 7.01. The van der Waals surface area contributed by atoms with Crippen LogP contribution < -0.4 is 15.0 Å². The van der Waals surface area contributed by atoms with Gasteiger partial charge in [0.25, 0.3) is 5.91 Å². The van der Waals surface area contributed by atoms with Crippen molar-refractivity contribution in [2.75, 3.05) is 49.3 Å². The molecule has 5 rings (SSSR count). The van der Waals surface area contributed by atoms with Crippen LogP contribution in [0.3, 0.4) is 0 Å². The van der Waals surface area contributed by atoms with Crippen molar-refractivity contribution in [3.8, 4) is 5.75 Å². The fourth-order valence-electron chi connectivity index (χ4n) is 6.14. The van der Waals surface area contributed by atoms with Crippen molar-refractivity contribution < 1.29 is 14.3 Å². The molecule has 45 heavy (non-hydrogen) atoms. The number of carbonyl (C=O) groups excluding carboxylic acids is 2. The molecule has 2 aliphatic heterocycles. The maximum absolute atomic E-state index is 13.9. The van der Waals surface area contributed by atoms with Crippen molar-refractivity contribution >= 4 is 52.3 Å². The van der Waals surface area contributed by atoms with E-state index in [9.17, 15) is 9.59 Å². The first-order chi connectivity index (χ1) is 21.9. The van der Waals surface area contributed by atoms with Gasteiger partial charge < -0.3 is 19.9 Å². The first-order valence-corrected chi connectivity index (χ1v) is 17.7. The number of thioether (sulfide) groups is 1. The van der Waals surface area contributed by atoms with Gasteiger partial charge in [0.1, 0.15) is 11.8 Å². The van der Waals surface area contributed by atoms with E-state index in [0.717, 1.165) is 61.1 Å². The van der Waals surface area contributed by atoms with Crippen LogP contribution in [0.5, 0.6) is 5.75 Å². The third-order valence-corrected chi connectivity index (χ3v) is 9.71. The summed E-state index contributed by atoms with van der Waals surface area (Å²) in [7, 11) is 0. The summed E-state index contributed by atoms with van der Waals surface area (Å²) in [6.45, 7) is 6.44. The molecule has 3 aromatic rings. The van der Waals surface area contributed by atoms with Crippen molar-refractivity contribution in [3.63, 3.8) is 0 Å². The highest BCUT2D eigenvalue weighted by atomic mass is 32.2. The minimum Gasteiger partial charge on any atom is -0.494 e. The van der Waals surface area contributed by atoms with E-state index in [1.54, 1.807) is 16.7 Å². The normalized spacial score (nSPS) is 17.6. The number of likely N-dealkylation sites (tertiary alicyclic amines) is 1. The Morgan fingerprint density at radius 3 is 2.47 bits per heavy atom. The Bertz CT molecular complexity index is 1430. The van der Waals surface area contributed by atoms with Crippen LogP contribution in [0.4, 0.5) is 11.4 Å². The fraction of sp³-hybridized carbons (Fsp3) is 0.417. The Balaban J connectivity index is 1.20. The quantitative estimate of drug-likeness (QED) is 0.152. The smallest absolute Gasteiger partial charge is 0.256 e. The molecule has 2 aliphatic rings. The number of ether oxygens (including phenoxy) is 1. The van der Waals surface area contributed by atoms with E-state index in [2.05, 4.69) is 47.5 Å². The first-order valence-electron chi connectivity index (χ1n) is 16.0. The maximum Gasteiger partial charge on any atom is 0.256 e. The number of amides is 2. The third-order valence-electron chi connectivity index (χ3n) is 8.57. The van der Waals surface area contributed by atoms with E-state index < -0.39 is 6.04 Å². The third kappa shape index (κ3) is 8.87. The molecule has 9 heteroatoms. The zero-order valence-corrected chi connectivity index (χ0v) is 28.0. The Labute approximate surface area is 277 Å². The van der Waals surface area contributed by atoms with E-state index in [1.807, 2.05) is 59.7 Å². The van der Waals surface area contributed by atoms with Crippen LogP contribution in [0.1, 0.15) is 44.6 Å². The summed E-state index contributed by atoms with van der Waals surface area (Å²) in [6, 6.07) is 25.3. The monoisotopic (exact) mass is 644 g/mol. The van der Waals surface area contributed by atoms with E-state index in [-0.39, 0.29) is 18.2 Å². The second-order valence-corrected chi connectivity index (χ2v) is 13.1. The van der Waals surface area contributed by atoms with Gasteiger partial charge in [0, 0.05) is 17.1 Å². The summed E-state index contributed by atoms with van der Waals surface area (Å²) < 4.78 is 5.65. The second kappa shape index (κ2) is 16.2. The minimum absolute atomic E-state index is 0.0245. The maximum atomic E-state index is 13.9. The molecule has 0 aliphatic carbocycles. The summed E-state index contributed by atoms with van der Waals surface area (Å²) in [6.07, 6.45) is 7.37. The summed E-state index contributed by atoms with van der Waals surface area (Å²) in [4.78, 5) is 34.3. The Morgan fingerprint density at radius 1 is 1.00 bits per heavy atom. The molecule has 1 N–H and O–H groups in total. The number of nitrogens with one attached hydrogen (secondary N) is 1. The van der Waals surface area contributed by atoms with Gasteiger partial charge in [0.2, 0.25) is 5.91 Å². The van der Waals surface area contributed by atoms with Crippen molar-refractivity contribution in [2.45, 2.75) is 56.4 Å². The number of hydrogen-bond donors (Lipinski definition) is 1. The van der Waals surface area contributed by atoms with Gasteiger partial charge in [-0.3, -0.25) is 14.5 Å². The van der Waals surface area contributed by atoms with Crippen LogP contribution in [-0.4, -0.2) is 71.8 Å². The number of nitrogens with zero attached hydrogens (tertiary/aromatic N) is 3. The van der Waals surface area contributed by atoms with E-state index in [1.165, 1.54) is 18.4 Å². The average molecular weight is 645 g/mol. The molecule has 7 nitrogen and oxygen atoms in total. The number of benzene rings is 3. The highest BCUT2D eigenvalue weighted by Crippen LogP contribution is 2.30. The Hall–Kier alpha value is -3.40. The molecule has 0 radical (unpaired) electrons. The molecule has 2 amide bonds. The number of piperidine rings is 1. The molecule has 0 spiro atoms. The second-order valence-electron chi connectivity index (χ2n) is 11.8. The molecular formula is C36H44N4O3S2. The lowest BCUT2D eigenvalue weighted by Gasteiger charge is -2.33. The van der Waals surface area contributed by atoms with Gasteiger partial charge in [-0.15, -0.1) is 11.8 Å². The average Bonchev–Trinajstić information content (AvgIpc) is 3.29. The van der Waals surface area contributed by atoms with E-state index in [0.29, 0.717) is 24.0 Å². The van der Waals surface area contributed by atoms with Gasteiger partial charge in [0.05, 0.1) is 18.7 Å². The van der Waals surface area contributed by atoms with Gasteiger partial charge in [0.15, 0.2) is 5.11 Å². The lowest BCUT2D eigenvalue weighted by molar-refractivity contribution is -0.124. The lowest BCUT2D eigenvalue weighted by Crippen LogP contribution is -2.40. The largest absolute Gasteiger partial charge is 0.494 e. The van der Waals surface area contributed by atoms with Crippen LogP contribution in [0, 0.1) is 5.92 Å². The molecule has 0 aromatic heterocycles. The zero-order chi connectivity index (χ0) is 31.6. The number of rotatable bonds is 14. The van der Waals surface area contributed by atoms with Gasteiger partial charge >= 0.3 is 0 Å². The lowest BCUT2D eigenvalue weighted by atomic mass is 9.90. The number of carbonyl (C=O) groups is 2. The van der Waals surface area contributed by atoms with Crippen LogP contribution in [-0.2, 0) is 16.0 Å². The van der Waals surface area contributed by atoms with Crippen LogP contribution >= 0.6 is 24.0 Å². The zero-order valence-electron chi connectivity index (χ0n) is 26.3. The standard InChI is InChI=1S/C36H44N4O3S2/c1-3-23-43-31-15-13-29(14-16-31)37-34(41)26-33-35(42)40(30-11-7-12-32(25-30)45-2)36(44)39(33)20-8-19-38-21-17-28(18-22-38)24-27-9-5-4-6-10-27/h4-7,9-16,25,28,33H,3,8,17-24,26H2,1-2H3,(H,37,41). The molecule has 2 saturated heterocycles. The summed E-state index contributed by atoms with van der Waals surface area (Å²) >= 11 is 7.54. The number of anilines is 2. The summed E-state index contributed by atoms with van der Waals surface area (Å²) in [5.74, 6) is 1.11. The first kappa shape index (κ1) is 33.0. The molecule has 2 heterocycles. The van der Waals surface area contributed by atoms with Gasteiger partial charge in [-0.2, -0.15) is 0 Å². The molecule has 238 valence electrons. The molecule has 1 atom stereocenters. The Morgan fingerprint density at radius 2 is 1.76 bits per heavy atom. The van der Waals surface area contributed by atoms with Crippen molar-refractivity contribution in [2.24, 2.45) is 5.92 Å².